The van der Waals surface area contributed by atoms with Crippen molar-refractivity contribution in [3.63, 3.8) is 0 Å². The molecule has 0 aromatic heterocycles. The van der Waals surface area contributed by atoms with Crippen LogP contribution in [0.15, 0.2) is 42.0 Å². The van der Waals surface area contributed by atoms with Crippen LogP contribution < -0.4 is 14.8 Å². The molecule has 5 heteroatoms. The summed E-state index contributed by atoms with van der Waals surface area (Å²) in [5.41, 5.74) is 3.36. The van der Waals surface area contributed by atoms with Gasteiger partial charge in [-0.25, -0.2) is 0 Å². The number of nitriles is 1. The summed E-state index contributed by atoms with van der Waals surface area (Å²) in [6.07, 6.45) is 2.37. The summed E-state index contributed by atoms with van der Waals surface area (Å²) < 4.78 is 11.5. The zero-order chi connectivity index (χ0) is 20.5. The lowest BCUT2D eigenvalue weighted by Gasteiger charge is -2.14. The summed E-state index contributed by atoms with van der Waals surface area (Å²) in [5, 5.41) is 12.4. The smallest absolute Gasteiger partial charge is 0.266 e. The first-order valence-corrected chi connectivity index (χ1v) is 9.39. The summed E-state index contributed by atoms with van der Waals surface area (Å²) >= 11 is 0. The first-order chi connectivity index (χ1) is 13.5. The number of carbonyl (C=O) groups excluding carboxylic acids is 1. The van der Waals surface area contributed by atoms with E-state index in [1.165, 1.54) is 6.08 Å². The van der Waals surface area contributed by atoms with Crippen molar-refractivity contribution in [3.8, 4) is 17.6 Å². The van der Waals surface area contributed by atoms with Crippen molar-refractivity contribution in [3.05, 3.63) is 58.7 Å². The van der Waals surface area contributed by atoms with Crippen LogP contribution in [0.3, 0.4) is 0 Å². The van der Waals surface area contributed by atoms with Crippen LogP contribution in [0.2, 0.25) is 0 Å². The quantitative estimate of drug-likeness (QED) is 0.516. The molecule has 0 atom stereocenters. The van der Waals surface area contributed by atoms with Gasteiger partial charge in [0, 0.05) is 11.3 Å². The molecular formula is C23H26N2O3. The maximum absolute atomic E-state index is 12.7. The van der Waals surface area contributed by atoms with Crippen LogP contribution >= 0.6 is 0 Å². The Labute approximate surface area is 166 Å². The van der Waals surface area contributed by atoms with Crippen molar-refractivity contribution >= 4 is 17.7 Å². The molecule has 0 fully saturated rings. The molecule has 0 saturated heterocycles. The van der Waals surface area contributed by atoms with Gasteiger partial charge in [0.2, 0.25) is 0 Å². The molecule has 0 unspecified atom stereocenters. The molecule has 0 aliphatic rings. The van der Waals surface area contributed by atoms with Gasteiger partial charge in [-0.05, 0) is 56.5 Å². The van der Waals surface area contributed by atoms with Crippen molar-refractivity contribution in [2.45, 2.75) is 34.1 Å². The molecule has 0 radical (unpaired) electrons. The number of aryl methyl sites for hydroxylation is 1. The average molecular weight is 378 g/mol. The summed E-state index contributed by atoms with van der Waals surface area (Å²) in [7, 11) is 0. The number of amides is 1. The Balaban J connectivity index is 2.37. The van der Waals surface area contributed by atoms with Crippen molar-refractivity contribution in [2.75, 3.05) is 18.5 Å². The normalized spacial score (nSPS) is 10.9. The Kier molecular flexibility index (Phi) is 7.65. The van der Waals surface area contributed by atoms with E-state index in [0.717, 1.165) is 17.5 Å². The van der Waals surface area contributed by atoms with Gasteiger partial charge in [0.15, 0.2) is 11.5 Å². The Bertz CT molecular complexity index is 911. The highest BCUT2D eigenvalue weighted by molar-refractivity contribution is 6.10. The molecule has 2 rings (SSSR count). The Morgan fingerprint density at radius 1 is 1.14 bits per heavy atom. The molecule has 0 aliphatic heterocycles. The molecule has 0 aliphatic carbocycles. The Morgan fingerprint density at radius 2 is 1.89 bits per heavy atom. The lowest BCUT2D eigenvalue weighted by molar-refractivity contribution is -0.112. The van der Waals surface area contributed by atoms with E-state index in [0.29, 0.717) is 36.0 Å². The first-order valence-electron chi connectivity index (χ1n) is 9.39. The second-order valence-corrected chi connectivity index (χ2v) is 6.33. The molecule has 2 aromatic rings. The second kappa shape index (κ2) is 10.2. The molecule has 2 aromatic carbocycles. The number of rotatable bonds is 8. The molecule has 1 N–H and O–H groups in total. The van der Waals surface area contributed by atoms with E-state index < -0.39 is 5.91 Å². The van der Waals surface area contributed by atoms with E-state index in [-0.39, 0.29) is 5.57 Å². The predicted molar refractivity (Wildman–Crippen MR) is 112 cm³/mol. The molecule has 5 nitrogen and oxygen atoms in total. The van der Waals surface area contributed by atoms with E-state index in [1.54, 1.807) is 6.07 Å². The van der Waals surface area contributed by atoms with Gasteiger partial charge < -0.3 is 14.8 Å². The topological polar surface area (TPSA) is 71.3 Å². The molecule has 28 heavy (non-hydrogen) atoms. The van der Waals surface area contributed by atoms with E-state index in [9.17, 15) is 10.1 Å². The third kappa shape index (κ3) is 5.14. The highest BCUT2D eigenvalue weighted by atomic mass is 16.5. The Morgan fingerprint density at radius 3 is 2.57 bits per heavy atom. The third-order valence-corrected chi connectivity index (χ3v) is 4.28. The number of hydrogen-bond acceptors (Lipinski definition) is 4. The third-order valence-electron chi connectivity index (χ3n) is 4.28. The summed E-state index contributed by atoms with van der Waals surface area (Å²) in [6.45, 7) is 8.82. The molecular weight excluding hydrogens is 352 g/mol. The van der Waals surface area contributed by atoms with E-state index in [1.807, 2.05) is 64.1 Å². The van der Waals surface area contributed by atoms with Crippen LogP contribution in [0.25, 0.3) is 6.08 Å². The van der Waals surface area contributed by atoms with Crippen LogP contribution in [-0.4, -0.2) is 19.1 Å². The maximum atomic E-state index is 12.7. The first kappa shape index (κ1) is 21.0. The van der Waals surface area contributed by atoms with Gasteiger partial charge in [-0.15, -0.1) is 0 Å². The monoisotopic (exact) mass is 378 g/mol. The van der Waals surface area contributed by atoms with E-state index >= 15 is 0 Å². The van der Waals surface area contributed by atoms with Gasteiger partial charge in [-0.2, -0.15) is 5.26 Å². The Hall–Kier alpha value is -3.26. The SMILES string of the molecule is CCCOc1c(/C=C(\C#N)C(=O)Nc2cccc(C)c2C)cccc1OCC. The van der Waals surface area contributed by atoms with E-state index in [4.69, 9.17) is 9.47 Å². The number of hydrogen-bond donors (Lipinski definition) is 1. The van der Waals surface area contributed by atoms with Crippen molar-refractivity contribution in [1.29, 1.82) is 5.26 Å². The number of nitrogens with one attached hydrogen (secondary N) is 1. The van der Waals surface area contributed by atoms with Gasteiger partial charge in [0.05, 0.1) is 13.2 Å². The van der Waals surface area contributed by atoms with Gasteiger partial charge in [-0.1, -0.05) is 31.2 Å². The van der Waals surface area contributed by atoms with Crippen LogP contribution in [-0.2, 0) is 4.79 Å². The number of benzene rings is 2. The number of ether oxygens (including phenoxy) is 2. The van der Waals surface area contributed by atoms with Gasteiger partial charge >= 0.3 is 0 Å². The molecule has 146 valence electrons. The van der Waals surface area contributed by atoms with E-state index in [2.05, 4.69) is 5.32 Å². The van der Waals surface area contributed by atoms with Crippen molar-refractivity contribution < 1.29 is 14.3 Å². The fourth-order valence-corrected chi connectivity index (χ4v) is 2.65. The molecule has 0 spiro atoms. The van der Waals surface area contributed by atoms with Crippen molar-refractivity contribution in [1.82, 2.24) is 0 Å². The molecule has 1 amide bonds. The lowest BCUT2D eigenvalue weighted by atomic mass is 10.1. The standard InChI is InChI=1S/C23H26N2O3/c1-5-13-28-22-18(10-8-12-21(22)27-6-2)14-19(15-24)23(26)25-20-11-7-9-16(3)17(20)4/h7-12,14H,5-6,13H2,1-4H3,(H,25,26)/b19-14+. The van der Waals surface area contributed by atoms with Gasteiger partial charge in [0.1, 0.15) is 11.6 Å². The fourth-order valence-electron chi connectivity index (χ4n) is 2.65. The van der Waals surface area contributed by atoms with Gasteiger partial charge in [0.25, 0.3) is 5.91 Å². The van der Waals surface area contributed by atoms with Crippen LogP contribution in [0.1, 0.15) is 37.0 Å². The average Bonchev–Trinajstić information content (AvgIpc) is 2.69. The number of carbonyl (C=O) groups is 1. The van der Waals surface area contributed by atoms with Crippen LogP contribution in [0, 0.1) is 25.2 Å². The minimum absolute atomic E-state index is 0.00379. The minimum Gasteiger partial charge on any atom is -0.490 e. The van der Waals surface area contributed by atoms with Crippen LogP contribution in [0.4, 0.5) is 5.69 Å². The summed E-state index contributed by atoms with van der Waals surface area (Å²) in [5.74, 6) is 0.676. The number of anilines is 1. The van der Waals surface area contributed by atoms with Gasteiger partial charge in [-0.3, -0.25) is 4.79 Å². The molecule has 0 bridgehead atoms. The minimum atomic E-state index is -0.459. The lowest BCUT2D eigenvalue weighted by Crippen LogP contribution is -2.14. The number of para-hydroxylation sites is 1. The number of nitrogens with zero attached hydrogens (tertiary/aromatic N) is 1. The summed E-state index contributed by atoms with van der Waals surface area (Å²) in [4.78, 5) is 12.7. The molecule has 0 heterocycles. The zero-order valence-electron chi connectivity index (χ0n) is 16.8. The predicted octanol–water partition coefficient (Wildman–Crippen LogP) is 5.04. The van der Waals surface area contributed by atoms with Crippen LogP contribution in [0.5, 0.6) is 11.5 Å². The highest BCUT2D eigenvalue weighted by Crippen LogP contribution is 2.33. The fraction of sp³-hybridized carbons (Fsp3) is 0.304. The summed E-state index contributed by atoms with van der Waals surface area (Å²) in [6, 6.07) is 13.1. The maximum Gasteiger partial charge on any atom is 0.266 e. The highest BCUT2D eigenvalue weighted by Gasteiger charge is 2.15. The second-order valence-electron chi connectivity index (χ2n) is 6.33. The molecule has 0 saturated carbocycles. The van der Waals surface area contributed by atoms with Crippen molar-refractivity contribution in [2.24, 2.45) is 0 Å². The zero-order valence-corrected chi connectivity index (χ0v) is 16.8. The largest absolute Gasteiger partial charge is 0.490 e.